The normalized spacial score (nSPS) is 10.1. The molecule has 74 valence electrons. The van der Waals surface area contributed by atoms with Gasteiger partial charge in [-0.15, -0.1) is 11.8 Å². The van der Waals surface area contributed by atoms with E-state index in [1.807, 2.05) is 12.1 Å². The summed E-state index contributed by atoms with van der Waals surface area (Å²) in [6.07, 6.45) is 2.83. The summed E-state index contributed by atoms with van der Waals surface area (Å²) >= 11 is 1.71. The van der Waals surface area contributed by atoms with Crippen LogP contribution in [0.25, 0.3) is 0 Å². The topological polar surface area (TPSA) is 36.7 Å². The van der Waals surface area contributed by atoms with Gasteiger partial charge in [0.05, 0.1) is 0 Å². The Labute approximate surface area is 89.4 Å². The second-order valence-electron chi connectivity index (χ2n) is 3.49. The Morgan fingerprint density at radius 1 is 1.57 bits per heavy atom. The van der Waals surface area contributed by atoms with Crippen molar-refractivity contribution in [2.45, 2.75) is 25.2 Å². The third kappa shape index (κ3) is 3.39. The van der Waals surface area contributed by atoms with Crippen molar-refractivity contribution >= 4 is 11.8 Å². The number of hydrogen-bond donors (Lipinski definition) is 0. The first-order valence-corrected chi connectivity index (χ1v) is 5.70. The summed E-state index contributed by atoms with van der Waals surface area (Å²) in [7, 11) is 0. The van der Waals surface area contributed by atoms with Crippen LogP contribution in [0.2, 0.25) is 0 Å². The molecular weight excluding hydrogens is 192 g/mol. The van der Waals surface area contributed by atoms with E-state index in [0.29, 0.717) is 11.6 Å². The van der Waals surface area contributed by atoms with Crippen LogP contribution in [0.3, 0.4) is 0 Å². The van der Waals surface area contributed by atoms with Crippen LogP contribution < -0.4 is 0 Å². The van der Waals surface area contributed by atoms with E-state index in [4.69, 9.17) is 5.26 Å². The molecule has 0 fully saturated rings. The van der Waals surface area contributed by atoms with Gasteiger partial charge in [-0.1, -0.05) is 13.8 Å². The van der Waals surface area contributed by atoms with Gasteiger partial charge in [0.25, 0.3) is 0 Å². The summed E-state index contributed by atoms with van der Waals surface area (Å²) in [5.74, 6) is 1.77. The molecule has 1 heterocycles. The minimum absolute atomic E-state index is 0.543. The van der Waals surface area contributed by atoms with Crippen molar-refractivity contribution in [1.29, 1.82) is 5.26 Å². The Bertz CT molecular complexity index is 328. The highest BCUT2D eigenvalue weighted by Crippen LogP contribution is 2.22. The quantitative estimate of drug-likeness (QED) is 0.710. The highest BCUT2D eigenvalue weighted by molar-refractivity contribution is 7.99. The lowest BCUT2D eigenvalue weighted by Gasteiger charge is -2.04. The minimum Gasteiger partial charge on any atom is -0.244 e. The zero-order valence-corrected chi connectivity index (χ0v) is 9.34. The molecule has 0 aliphatic heterocycles. The summed E-state index contributed by atoms with van der Waals surface area (Å²) in [6.45, 7) is 4.41. The Morgan fingerprint density at radius 2 is 2.36 bits per heavy atom. The van der Waals surface area contributed by atoms with Gasteiger partial charge in [-0.05, 0) is 30.2 Å². The summed E-state index contributed by atoms with van der Waals surface area (Å²) < 4.78 is 0. The molecule has 0 spiro atoms. The fourth-order valence-electron chi connectivity index (χ4n) is 0.996. The van der Waals surface area contributed by atoms with E-state index < -0.39 is 0 Å². The summed E-state index contributed by atoms with van der Waals surface area (Å²) in [5, 5.41) is 8.80. The summed E-state index contributed by atoms with van der Waals surface area (Å²) in [6, 6.07) is 5.93. The zero-order chi connectivity index (χ0) is 10.4. The molecule has 0 N–H and O–H groups in total. The van der Waals surface area contributed by atoms with Gasteiger partial charge < -0.3 is 0 Å². The van der Waals surface area contributed by atoms with Gasteiger partial charge >= 0.3 is 0 Å². The van der Waals surface area contributed by atoms with E-state index in [0.717, 1.165) is 10.6 Å². The van der Waals surface area contributed by atoms with Gasteiger partial charge in [0.2, 0.25) is 0 Å². The number of pyridine rings is 1. The lowest BCUT2D eigenvalue weighted by molar-refractivity contribution is 0.632. The van der Waals surface area contributed by atoms with E-state index in [9.17, 15) is 0 Å². The predicted octanol–water partition coefficient (Wildman–Crippen LogP) is 3.09. The Balaban J connectivity index is 2.54. The molecule has 0 aliphatic rings. The highest BCUT2D eigenvalue weighted by Gasteiger charge is 2.02. The number of nitrogens with zero attached hydrogens (tertiary/aromatic N) is 2. The Morgan fingerprint density at radius 3 is 3.00 bits per heavy atom. The maximum absolute atomic E-state index is 8.80. The van der Waals surface area contributed by atoms with Crippen LogP contribution in [-0.2, 0) is 0 Å². The van der Waals surface area contributed by atoms with Crippen LogP contribution in [-0.4, -0.2) is 10.7 Å². The van der Waals surface area contributed by atoms with Crippen molar-refractivity contribution < 1.29 is 0 Å². The van der Waals surface area contributed by atoms with Gasteiger partial charge in [0.1, 0.15) is 6.07 Å². The van der Waals surface area contributed by atoms with Crippen LogP contribution in [0.1, 0.15) is 26.0 Å². The van der Waals surface area contributed by atoms with Crippen molar-refractivity contribution in [3.8, 4) is 6.07 Å². The van der Waals surface area contributed by atoms with Crippen molar-refractivity contribution in [1.82, 2.24) is 4.98 Å². The van der Waals surface area contributed by atoms with Gasteiger partial charge in [-0.2, -0.15) is 5.26 Å². The molecule has 2 nitrogen and oxygen atoms in total. The first kappa shape index (κ1) is 11.1. The molecule has 1 rings (SSSR count). The fourth-order valence-corrected chi connectivity index (χ4v) is 2.21. The lowest BCUT2D eigenvalue weighted by atomic mass is 10.2. The highest BCUT2D eigenvalue weighted by atomic mass is 32.2. The van der Waals surface area contributed by atoms with Crippen LogP contribution >= 0.6 is 11.8 Å². The number of hydrogen-bond acceptors (Lipinski definition) is 3. The second-order valence-corrected chi connectivity index (χ2v) is 4.63. The molecular formula is C11H14N2S. The molecule has 1 aromatic heterocycles. The maximum atomic E-state index is 8.80. The van der Waals surface area contributed by atoms with E-state index in [2.05, 4.69) is 24.9 Å². The number of rotatable bonds is 4. The predicted molar refractivity (Wildman–Crippen MR) is 59.1 cm³/mol. The van der Waals surface area contributed by atoms with Crippen molar-refractivity contribution in [3.05, 3.63) is 24.0 Å². The average molecular weight is 206 g/mol. The SMILES string of the molecule is CC(C)CCSc1cccnc1C#N. The van der Waals surface area contributed by atoms with Crippen molar-refractivity contribution in [2.75, 3.05) is 5.75 Å². The Kier molecular flexibility index (Phi) is 4.48. The van der Waals surface area contributed by atoms with E-state index >= 15 is 0 Å². The van der Waals surface area contributed by atoms with E-state index in [-0.39, 0.29) is 0 Å². The number of nitriles is 1. The summed E-state index contributed by atoms with van der Waals surface area (Å²) in [5.41, 5.74) is 0.543. The van der Waals surface area contributed by atoms with Gasteiger partial charge in [0, 0.05) is 11.1 Å². The van der Waals surface area contributed by atoms with Crippen LogP contribution in [0.5, 0.6) is 0 Å². The fraction of sp³-hybridized carbons (Fsp3) is 0.455. The molecule has 0 atom stereocenters. The number of thioether (sulfide) groups is 1. The third-order valence-electron chi connectivity index (χ3n) is 1.83. The monoisotopic (exact) mass is 206 g/mol. The molecule has 0 saturated carbocycles. The first-order valence-electron chi connectivity index (χ1n) is 4.72. The lowest BCUT2D eigenvalue weighted by Crippen LogP contribution is -1.91. The third-order valence-corrected chi connectivity index (χ3v) is 2.91. The van der Waals surface area contributed by atoms with Crippen molar-refractivity contribution in [2.24, 2.45) is 5.92 Å². The smallest absolute Gasteiger partial charge is 0.153 e. The van der Waals surface area contributed by atoms with Crippen LogP contribution in [0, 0.1) is 17.2 Å². The molecule has 0 unspecified atom stereocenters. The molecule has 0 amide bonds. The van der Waals surface area contributed by atoms with Gasteiger partial charge in [0.15, 0.2) is 5.69 Å². The molecule has 0 radical (unpaired) electrons. The number of aromatic nitrogens is 1. The van der Waals surface area contributed by atoms with Gasteiger partial charge in [-0.25, -0.2) is 4.98 Å². The first-order chi connectivity index (χ1) is 6.74. The summed E-state index contributed by atoms with van der Waals surface area (Å²) in [4.78, 5) is 5.01. The Hall–Kier alpha value is -1.01. The minimum atomic E-state index is 0.543. The molecule has 0 aliphatic carbocycles. The molecule has 0 bridgehead atoms. The molecule has 0 aromatic carbocycles. The van der Waals surface area contributed by atoms with Crippen LogP contribution in [0.4, 0.5) is 0 Å². The second kappa shape index (κ2) is 5.66. The van der Waals surface area contributed by atoms with Crippen molar-refractivity contribution in [3.63, 3.8) is 0 Å². The molecule has 14 heavy (non-hydrogen) atoms. The molecule has 3 heteroatoms. The zero-order valence-electron chi connectivity index (χ0n) is 8.53. The average Bonchev–Trinajstić information content (AvgIpc) is 2.18. The standard InChI is InChI=1S/C11H14N2S/c1-9(2)5-7-14-11-4-3-6-13-10(11)8-12/h3-4,6,9H,5,7H2,1-2H3. The largest absolute Gasteiger partial charge is 0.244 e. The van der Waals surface area contributed by atoms with E-state index in [1.54, 1.807) is 18.0 Å². The molecule has 0 saturated heterocycles. The van der Waals surface area contributed by atoms with Gasteiger partial charge in [-0.3, -0.25) is 0 Å². The van der Waals surface area contributed by atoms with E-state index in [1.165, 1.54) is 6.42 Å². The molecule has 1 aromatic rings. The van der Waals surface area contributed by atoms with Crippen LogP contribution in [0.15, 0.2) is 23.2 Å². The maximum Gasteiger partial charge on any atom is 0.153 e.